The highest BCUT2D eigenvalue weighted by Crippen LogP contribution is 2.23. The average molecular weight is 349 g/mol. The van der Waals surface area contributed by atoms with E-state index in [-0.39, 0.29) is 5.91 Å². The summed E-state index contributed by atoms with van der Waals surface area (Å²) in [6.07, 6.45) is 0. The van der Waals surface area contributed by atoms with Gasteiger partial charge in [-0.15, -0.1) is 0 Å². The Balaban J connectivity index is 1.65. The number of nitrogens with one attached hydrogen (secondary N) is 1. The van der Waals surface area contributed by atoms with Gasteiger partial charge in [-0.3, -0.25) is 9.69 Å². The Labute approximate surface area is 146 Å². The van der Waals surface area contributed by atoms with Gasteiger partial charge in [0, 0.05) is 26.2 Å². The number of halogens is 1. The summed E-state index contributed by atoms with van der Waals surface area (Å²) >= 11 is 6.40. The molecule has 1 saturated heterocycles. The van der Waals surface area contributed by atoms with Crippen LogP contribution in [0.5, 0.6) is 0 Å². The number of benzene rings is 1. The molecule has 6 nitrogen and oxygen atoms in total. The van der Waals surface area contributed by atoms with Crippen molar-refractivity contribution in [2.24, 2.45) is 0 Å². The summed E-state index contributed by atoms with van der Waals surface area (Å²) in [7, 11) is 0. The Morgan fingerprint density at radius 1 is 1.29 bits per heavy atom. The van der Waals surface area contributed by atoms with Gasteiger partial charge in [0.25, 0.3) is 5.91 Å². The third kappa shape index (κ3) is 3.77. The molecule has 1 aliphatic heterocycles. The average Bonchev–Trinajstić information content (AvgIpc) is 2.91. The highest BCUT2D eigenvalue weighted by molar-refractivity contribution is 6.33. The lowest BCUT2D eigenvalue weighted by molar-refractivity contribution is 0.0383. The van der Waals surface area contributed by atoms with E-state index in [4.69, 9.17) is 16.3 Å². The van der Waals surface area contributed by atoms with Gasteiger partial charge in [0.15, 0.2) is 0 Å². The number of hydrogen-bond donors (Lipinski definition) is 1. The molecule has 0 saturated carbocycles. The number of para-hydroxylation sites is 1. The first kappa shape index (κ1) is 17.0. The maximum Gasteiger partial charge on any atom is 0.256 e. The summed E-state index contributed by atoms with van der Waals surface area (Å²) in [4.78, 5) is 14.8. The van der Waals surface area contributed by atoms with E-state index < -0.39 is 0 Å². The van der Waals surface area contributed by atoms with E-state index in [0.29, 0.717) is 23.0 Å². The van der Waals surface area contributed by atoms with Crippen molar-refractivity contribution < 1.29 is 9.53 Å². The second-order valence-electron chi connectivity index (χ2n) is 5.71. The van der Waals surface area contributed by atoms with E-state index in [0.717, 1.165) is 38.5 Å². The smallest absolute Gasteiger partial charge is 0.256 e. The van der Waals surface area contributed by atoms with Crippen LogP contribution in [0.4, 0.5) is 0 Å². The molecule has 1 N–H and O–H groups in total. The normalized spacial score (nSPS) is 15.4. The zero-order valence-corrected chi connectivity index (χ0v) is 14.4. The number of ether oxygens (including phenoxy) is 1. The van der Waals surface area contributed by atoms with Crippen LogP contribution in [0.25, 0.3) is 5.69 Å². The summed E-state index contributed by atoms with van der Waals surface area (Å²) in [5.74, 6) is -0.187. The lowest BCUT2D eigenvalue weighted by Gasteiger charge is -2.26. The molecular weight excluding hydrogens is 328 g/mol. The van der Waals surface area contributed by atoms with Gasteiger partial charge in [-0.2, -0.15) is 5.10 Å². The number of carbonyl (C=O) groups excluding carboxylic acids is 1. The minimum Gasteiger partial charge on any atom is -0.379 e. The fourth-order valence-corrected chi connectivity index (χ4v) is 3.10. The number of aromatic nitrogens is 2. The standard InChI is InChI=1S/C17H21ClN4O2/c1-13-15(16(18)22(20-13)14-5-3-2-4-6-14)17(23)19-7-8-21-9-11-24-12-10-21/h2-6H,7-12H2,1H3,(H,19,23). The molecule has 0 aliphatic carbocycles. The van der Waals surface area contributed by atoms with E-state index in [2.05, 4.69) is 15.3 Å². The first-order valence-corrected chi connectivity index (χ1v) is 8.43. The Hall–Kier alpha value is -1.89. The first-order valence-electron chi connectivity index (χ1n) is 8.05. The lowest BCUT2D eigenvalue weighted by atomic mass is 10.2. The van der Waals surface area contributed by atoms with Crippen molar-refractivity contribution in [2.75, 3.05) is 39.4 Å². The van der Waals surface area contributed by atoms with Crippen molar-refractivity contribution in [3.8, 4) is 5.69 Å². The maximum atomic E-state index is 12.5. The summed E-state index contributed by atoms with van der Waals surface area (Å²) in [6, 6.07) is 9.54. The topological polar surface area (TPSA) is 59.4 Å². The molecule has 0 spiro atoms. The maximum absolute atomic E-state index is 12.5. The van der Waals surface area contributed by atoms with Crippen LogP contribution in [-0.4, -0.2) is 60.0 Å². The highest BCUT2D eigenvalue weighted by Gasteiger charge is 2.21. The molecular formula is C17H21ClN4O2. The van der Waals surface area contributed by atoms with Crippen molar-refractivity contribution in [1.29, 1.82) is 0 Å². The third-order valence-electron chi connectivity index (χ3n) is 4.05. The number of aryl methyl sites for hydroxylation is 1. The number of morpholine rings is 1. The van der Waals surface area contributed by atoms with Crippen LogP contribution in [0.3, 0.4) is 0 Å². The number of nitrogens with zero attached hydrogens (tertiary/aromatic N) is 3. The van der Waals surface area contributed by atoms with Gasteiger partial charge in [-0.1, -0.05) is 29.8 Å². The van der Waals surface area contributed by atoms with Gasteiger partial charge >= 0.3 is 0 Å². The first-order chi connectivity index (χ1) is 11.7. The third-order valence-corrected chi connectivity index (χ3v) is 4.40. The largest absolute Gasteiger partial charge is 0.379 e. The van der Waals surface area contributed by atoms with Crippen molar-refractivity contribution in [2.45, 2.75) is 6.92 Å². The Kier molecular flexibility index (Phi) is 5.50. The van der Waals surface area contributed by atoms with Gasteiger partial charge in [-0.25, -0.2) is 4.68 Å². The quantitative estimate of drug-likeness (QED) is 0.896. The van der Waals surface area contributed by atoms with Crippen LogP contribution >= 0.6 is 11.6 Å². The van der Waals surface area contributed by atoms with Gasteiger partial charge < -0.3 is 10.1 Å². The lowest BCUT2D eigenvalue weighted by Crippen LogP contribution is -2.41. The predicted octanol–water partition coefficient (Wildman–Crippen LogP) is 1.90. The van der Waals surface area contributed by atoms with Crippen LogP contribution in [0, 0.1) is 6.92 Å². The Bertz CT molecular complexity index is 696. The van der Waals surface area contributed by atoms with Crippen LogP contribution in [-0.2, 0) is 4.74 Å². The van der Waals surface area contributed by atoms with Crippen LogP contribution in [0.1, 0.15) is 16.1 Å². The molecule has 2 heterocycles. The fraction of sp³-hybridized carbons (Fsp3) is 0.412. The molecule has 3 rings (SSSR count). The predicted molar refractivity (Wildman–Crippen MR) is 92.9 cm³/mol. The van der Waals surface area contributed by atoms with Crippen molar-refractivity contribution in [3.05, 3.63) is 46.7 Å². The van der Waals surface area contributed by atoms with Crippen molar-refractivity contribution in [1.82, 2.24) is 20.0 Å². The van der Waals surface area contributed by atoms with Crippen LogP contribution in [0.15, 0.2) is 30.3 Å². The van der Waals surface area contributed by atoms with Crippen LogP contribution in [0.2, 0.25) is 5.15 Å². The second-order valence-corrected chi connectivity index (χ2v) is 6.07. The van der Waals surface area contributed by atoms with E-state index in [9.17, 15) is 4.79 Å². The van der Waals surface area contributed by atoms with E-state index in [1.807, 2.05) is 30.3 Å². The van der Waals surface area contributed by atoms with Crippen LogP contribution < -0.4 is 5.32 Å². The van der Waals surface area contributed by atoms with Gasteiger partial charge in [-0.05, 0) is 19.1 Å². The highest BCUT2D eigenvalue weighted by atomic mass is 35.5. The summed E-state index contributed by atoms with van der Waals surface area (Å²) < 4.78 is 6.91. The Morgan fingerprint density at radius 3 is 2.71 bits per heavy atom. The van der Waals surface area contributed by atoms with Gasteiger partial charge in [0.2, 0.25) is 0 Å². The molecule has 0 bridgehead atoms. The monoisotopic (exact) mass is 348 g/mol. The molecule has 1 aliphatic rings. The minimum atomic E-state index is -0.187. The summed E-state index contributed by atoms with van der Waals surface area (Å²) in [6.45, 7) is 6.49. The number of amides is 1. The molecule has 2 aromatic rings. The molecule has 1 amide bonds. The molecule has 1 aromatic carbocycles. The van der Waals surface area contributed by atoms with Gasteiger partial charge in [0.05, 0.1) is 30.2 Å². The summed E-state index contributed by atoms with van der Waals surface area (Å²) in [5, 5.41) is 7.67. The Morgan fingerprint density at radius 2 is 2.00 bits per heavy atom. The SMILES string of the molecule is Cc1nn(-c2ccccc2)c(Cl)c1C(=O)NCCN1CCOCC1. The van der Waals surface area contributed by atoms with E-state index in [1.165, 1.54) is 0 Å². The molecule has 7 heteroatoms. The zero-order valence-electron chi connectivity index (χ0n) is 13.7. The fourth-order valence-electron chi connectivity index (χ4n) is 2.74. The number of hydrogen-bond acceptors (Lipinski definition) is 4. The summed E-state index contributed by atoms with van der Waals surface area (Å²) in [5.41, 5.74) is 1.88. The van der Waals surface area contributed by atoms with E-state index in [1.54, 1.807) is 11.6 Å². The number of carbonyl (C=O) groups is 1. The van der Waals surface area contributed by atoms with Gasteiger partial charge in [0.1, 0.15) is 5.15 Å². The molecule has 0 radical (unpaired) electrons. The zero-order chi connectivity index (χ0) is 16.9. The minimum absolute atomic E-state index is 0.187. The molecule has 0 unspecified atom stereocenters. The second kappa shape index (κ2) is 7.79. The molecule has 1 aromatic heterocycles. The molecule has 1 fully saturated rings. The van der Waals surface area contributed by atoms with Crippen molar-refractivity contribution >= 4 is 17.5 Å². The van der Waals surface area contributed by atoms with Crippen molar-refractivity contribution in [3.63, 3.8) is 0 Å². The molecule has 24 heavy (non-hydrogen) atoms. The number of rotatable bonds is 5. The molecule has 0 atom stereocenters. The molecule has 128 valence electrons. The van der Waals surface area contributed by atoms with E-state index >= 15 is 0 Å².